The van der Waals surface area contributed by atoms with Gasteiger partial charge in [0.1, 0.15) is 11.2 Å². The molecule has 0 aliphatic carbocycles. The fourth-order valence-electron chi connectivity index (χ4n) is 2.29. The second-order valence-corrected chi connectivity index (χ2v) is 5.75. The lowest BCUT2D eigenvalue weighted by Crippen LogP contribution is -2.12. The van der Waals surface area contributed by atoms with Crippen molar-refractivity contribution >= 4 is 28.7 Å². The van der Waals surface area contributed by atoms with E-state index >= 15 is 0 Å². The Morgan fingerprint density at radius 1 is 1.20 bits per heavy atom. The lowest BCUT2D eigenvalue weighted by atomic mass is 10.2. The van der Waals surface area contributed by atoms with Crippen LogP contribution < -0.4 is 10.6 Å². The average Bonchev–Trinajstić information content (AvgIpc) is 2.86. The minimum atomic E-state index is -0.878. The smallest absolute Gasteiger partial charge is 0.224 e. The van der Waals surface area contributed by atoms with Crippen molar-refractivity contribution in [3.8, 4) is 6.07 Å². The zero-order valence-corrected chi connectivity index (χ0v) is 13.8. The van der Waals surface area contributed by atoms with E-state index in [0.29, 0.717) is 17.1 Å². The highest BCUT2D eigenvalue weighted by molar-refractivity contribution is 5.76. The number of anilines is 3. The van der Waals surface area contributed by atoms with Gasteiger partial charge in [0.05, 0.1) is 17.8 Å². The van der Waals surface area contributed by atoms with Gasteiger partial charge >= 0.3 is 0 Å². The molecule has 0 amide bonds. The largest absolute Gasteiger partial charge is 0.352 e. The Labute approximate surface area is 142 Å². The van der Waals surface area contributed by atoms with Crippen LogP contribution in [0.2, 0.25) is 0 Å². The predicted octanol–water partition coefficient (Wildman–Crippen LogP) is 3.08. The Morgan fingerprint density at radius 2 is 1.88 bits per heavy atom. The molecule has 7 nitrogen and oxygen atoms in total. The van der Waals surface area contributed by atoms with Crippen molar-refractivity contribution in [3.63, 3.8) is 0 Å². The van der Waals surface area contributed by atoms with Crippen molar-refractivity contribution in [3.05, 3.63) is 35.5 Å². The molecule has 1 aromatic carbocycles. The Kier molecular flexibility index (Phi) is 4.19. The van der Waals surface area contributed by atoms with Crippen molar-refractivity contribution in [2.75, 3.05) is 10.6 Å². The highest BCUT2D eigenvalue weighted by Gasteiger charge is 2.16. The second-order valence-electron chi connectivity index (χ2n) is 5.75. The molecule has 0 atom stereocenters. The minimum Gasteiger partial charge on any atom is -0.352 e. The van der Waals surface area contributed by atoms with Crippen molar-refractivity contribution in [1.82, 2.24) is 19.5 Å². The summed E-state index contributed by atoms with van der Waals surface area (Å²) in [7, 11) is 1.67. The minimum absolute atomic E-state index is 0.0965. The fraction of sp³-hybridized carbons (Fsp3) is 0.250. The molecule has 0 aliphatic heterocycles. The summed E-state index contributed by atoms with van der Waals surface area (Å²) in [6, 6.07) is 3.77. The molecule has 3 aromatic rings. The number of nitrogens with one attached hydrogen (secondary N) is 2. The molecule has 9 heteroatoms. The summed E-state index contributed by atoms with van der Waals surface area (Å²) in [6.07, 6.45) is 1.53. The first-order valence-corrected chi connectivity index (χ1v) is 7.51. The van der Waals surface area contributed by atoms with E-state index in [1.54, 1.807) is 17.7 Å². The monoisotopic (exact) mass is 343 g/mol. The Morgan fingerprint density at radius 3 is 2.48 bits per heavy atom. The van der Waals surface area contributed by atoms with Gasteiger partial charge in [-0.3, -0.25) is 4.57 Å². The van der Waals surface area contributed by atoms with Crippen LogP contribution in [0.25, 0.3) is 11.2 Å². The summed E-state index contributed by atoms with van der Waals surface area (Å²) >= 11 is 0. The lowest BCUT2D eigenvalue weighted by Gasteiger charge is -2.09. The number of benzene rings is 1. The van der Waals surface area contributed by atoms with Crippen LogP contribution in [-0.2, 0) is 7.05 Å². The van der Waals surface area contributed by atoms with Gasteiger partial charge in [-0.2, -0.15) is 10.2 Å². The van der Waals surface area contributed by atoms with Crippen molar-refractivity contribution in [2.45, 2.75) is 19.9 Å². The van der Waals surface area contributed by atoms with E-state index < -0.39 is 11.6 Å². The van der Waals surface area contributed by atoms with Gasteiger partial charge in [0, 0.05) is 13.1 Å². The summed E-state index contributed by atoms with van der Waals surface area (Å²) in [4.78, 5) is 12.8. The van der Waals surface area contributed by atoms with Gasteiger partial charge in [-0.15, -0.1) is 0 Å². The first kappa shape index (κ1) is 16.6. The zero-order chi connectivity index (χ0) is 18.1. The molecule has 25 heavy (non-hydrogen) atoms. The van der Waals surface area contributed by atoms with Gasteiger partial charge in [-0.05, 0) is 26.0 Å². The van der Waals surface area contributed by atoms with E-state index in [1.807, 2.05) is 13.8 Å². The maximum absolute atomic E-state index is 14.0. The summed E-state index contributed by atoms with van der Waals surface area (Å²) in [6.45, 7) is 3.92. The van der Waals surface area contributed by atoms with Gasteiger partial charge in [0.25, 0.3) is 0 Å². The molecule has 0 aliphatic rings. The third-order valence-corrected chi connectivity index (χ3v) is 3.44. The molecule has 2 N–H and O–H groups in total. The summed E-state index contributed by atoms with van der Waals surface area (Å²) in [5, 5.41) is 14.4. The molecule has 2 heterocycles. The standard InChI is InChI=1S/C16H15F2N7/c1-8(2)21-15-20-7-12-14(24-15)25(3)16(22-12)23-13-10(17)4-9(6-19)5-11(13)18/h4-5,7-8H,1-3H3,(H,22,23)(H,20,21,24). The zero-order valence-electron chi connectivity index (χ0n) is 13.8. The normalized spacial score (nSPS) is 10.9. The number of fused-ring (bicyclic) bond motifs is 1. The van der Waals surface area contributed by atoms with Gasteiger partial charge in [-0.25, -0.2) is 18.7 Å². The number of rotatable bonds is 4. The summed E-state index contributed by atoms with van der Waals surface area (Å²) < 4.78 is 29.7. The molecule has 0 radical (unpaired) electrons. The summed E-state index contributed by atoms with van der Waals surface area (Å²) in [5.74, 6) is -1.12. The van der Waals surface area contributed by atoms with Crippen LogP contribution in [0.1, 0.15) is 19.4 Å². The molecular weight excluding hydrogens is 328 g/mol. The van der Waals surface area contributed by atoms with E-state index in [4.69, 9.17) is 5.26 Å². The molecule has 0 saturated carbocycles. The molecule has 0 saturated heterocycles. The van der Waals surface area contributed by atoms with Crippen molar-refractivity contribution in [2.24, 2.45) is 7.05 Å². The number of imidazole rings is 1. The first-order valence-electron chi connectivity index (χ1n) is 7.51. The molecule has 0 spiro atoms. The molecule has 3 rings (SSSR count). The third kappa shape index (κ3) is 3.19. The quantitative estimate of drug-likeness (QED) is 0.756. The summed E-state index contributed by atoms with van der Waals surface area (Å²) in [5.41, 5.74) is 0.510. The molecule has 0 unspecified atom stereocenters. The average molecular weight is 343 g/mol. The topological polar surface area (TPSA) is 91.5 Å². The van der Waals surface area contributed by atoms with E-state index in [2.05, 4.69) is 25.6 Å². The van der Waals surface area contributed by atoms with Gasteiger partial charge in [-0.1, -0.05) is 0 Å². The van der Waals surface area contributed by atoms with Crippen LogP contribution in [-0.4, -0.2) is 25.6 Å². The number of halogens is 2. The highest BCUT2D eigenvalue weighted by atomic mass is 19.1. The molecule has 128 valence electrons. The SMILES string of the molecule is CC(C)Nc1ncc2nc(Nc3c(F)cc(C#N)cc3F)n(C)c2n1. The van der Waals surface area contributed by atoms with E-state index in [1.165, 1.54) is 6.20 Å². The van der Waals surface area contributed by atoms with Crippen LogP contribution >= 0.6 is 0 Å². The van der Waals surface area contributed by atoms with Crippen molar-refractivity contribution < 1.29 is 8.78 Å². The van der Waals surface area contributed by atoms with Crippen LogP contribution in [0.4, 0.5) is 26.4 Å². The van der Waals surface area contributed by atoms with Gasteiger partial charge < -0.3 is 10.6 Å². The first-order chi connectivity index (χ1) is 11.9. The number of hydrogen-bond donors (Lipinski definition) is 2. The van der Waals surface area contributed by atoms with Crippen LogP contribution in [0.5, 0.6) is 0 Å². The Balaban J connectivity index is 2.00. The number of aryl methyl sites for hydroxylation is 1. The lowest BCUT2D eigenvalue weighted by molar-refractivity contribution is 0.589. The molecule has 0 fully saturated rings. The second kappa shape index (κ2) is 6.32. The van der Waals surface area contributed by atoms with Crippen LogP contribution in [0.15, 0.2) is 18.3 Å². The van der Waals surface area contributed by atoms with Crippen LogP contribution in [0, 0.1) is 23.0 Å². The van der Waals surface area contributed by atoms with Crippen LogP contribution in [0.3, 0.4) is 0 Å². The molecular formula is C16H15F2N7. The maximum Gasteiger partial charge on any atom is 0.224 e. The third-order valence-electron chi connectivity index (χ3n) is 3.44. The number of aromatic nitrogens is 4. The molecule has 2 aromatic heterocycles. The van der Waals surface area contributed by atoms with E-state index in [0.717, 1.165) is 12.1 Å². The highest BCUT2D eigenvalue weighted by Crippen LogP contribution is 2.26. The molecule has 0 bridgehead atoms. The van der Waals surface area contributed by atoms with E-state index in [9.17, 15) is 8.78 Å². The number of nitriles is 1. The Hall–Kier alpha value is -3.28. The van der Waals surface area contributed by atoms with Gasteiger partial charge in [0.15, 0.2) is 17.3 Å². The van der Waals surface area contributed by atoms with Crippen molar-refractivity contribution in [1.29, 1.82) is 5.26 Å². The van der Waals surface area contributed by atoms with E-state index in [-0.39, 0.29) is 23.2 Å². The predicted molar refractivity (Wildman–Crippen MR) is 89.4 cm³/mol. The fourth-order valence-corrected chi connectivity index (χ4v) is 2.29. The van der Waals surface area contributed by atoms with Gasteiger partial charge in [0.2, 0.25) is 11.9 Å². The number of hydrogen-bond acceptors (Lipinski definition) is 6. The number of nitrogens with zero attached hydrogens (tertiary/aromatic N) is 5. The Bertz CT molecular complexity index is 965. The maximum atomic E-state index is 14.0.